The topological polar surface area (TPSA) is 92.3 Å². The van der Waals surface area contributed by atoms with Gasteiger partial charge in [0.05, 0.1) is 15.4 Å². The van der Waals surface area contributed by atoms with Gasteiger partial charge in [-0.25, -0.2) is 16.8 Å². The summed E-state index contributed by atoms with van der Waals surface area (Å²) in [6.45, 7) is 0. The normalized spacial score (nSPS) is 12.4. The first kappa shape index (κ1) is 22.9. The molecule has 3 aromatic rings. The molecule has 0 heterocycles. The summed E-state index contributed by atoms with van der Waals surface area (Å²) < 4.78 is 93.9. The Labute approximate surface area is 181 Å². The predicted molar refractivity (Wildman–Crippen MR) is 111 cm³/mol. The Morgan fingerprint density at radius 2 is 1.26 bits per heavy atom. The summed E-state index contributed by atoms with van der Waals surface area (Å²) in [5, 5.41) is -0.272. The Bertz CT molecular complexity index is 1300. The molecule has 31 heavy (non-hydrogen) atoms. The van der Waals surface area contributed by atoms with Crippen LogP contribution in [0.2, 0.25) is 5.02 Å². The van der Waals surface area contributed by atoms with Crippen molar-refractivity contribution in [3.63, 3.8) is 0 Å². The van der Waals surface area contributed by atoms with Crippen molar-refractivity contribution in [3.05, 3.63) is 83.4 Å². The molecule has 164 valence electrons. The zero-order chi connectivity index (χ0) is 22.9. The van der Waals surface area contributed by atoms with Crippen LogP contribution in [0, 0.1) is 0 Å². The largest absolute Gasteiger partial charge is 0.417 e. The van der Waals surface area contributed by atoms with Crippen molar-refractivity contribution in [2.45, 2.75) is 16.0 Å². The number of anilines is 2. The van der Waals surface area contributed by atoms with E-state index in [1.165, 1.54) is 0 Å². The third kappa shape index (κ3) is 5.49. The van der Waals surface area contributed by atoms with Gasteiger partial charge in [-0.2, -0.15) is 13.2 Å². The first-order valence-electron chi connectivity index (χ1n) is 8.46. The Balaban J connectivity index is 1.86. The molecule has 0 saturated carbocycles. The third-order valence-corrected chi connectivity index (χ3v) is 7.05. The average Bonchev–Trinajstić information content (AvgIpc) is 2.67. The van der Waals surface area contributed by atoms with Crippen molar-refractivity contribution in [2.24, 2.45) is 0 Å². The number of nitrogens with one attached hydrogen (secondary N) is 2. The average molecular weight is 491 g/mol. The first-order chi connectivity index (χ1) is 14.4. The number of alkyl halides is 3. The summed E-state index contributed by atoms with van der Waals surface area (Å²) in [5.41, 5.74) is -1.21. The second kappa shape index (κ2) is 8.40. The number of halogens is 4. The van der Waals surface area contributed by atoms with Crippen molar-refractivity contribution >= 4 is 43.0 Å². The Morgan fingerprint density at radius 3 is 1.84 bits per heavy atom. The molecule has 0 fully saturated rings. The minimum absolute atomic E-state index is 0.123. The predicted octanol–water partition coefficient (Wildman–Crippen LogP) is 4.96. The van der Waals surface area contributed by atoms with Crippen LogP contribution in [0.25, 0.3) is 0 Å². The molecule has 0 unspecified atom stereocenters. The van der Waals surface area contributed by atoms with Crippen LogP contribution in [0.5, 0.6) is 0 Å². The molecule has 0 radical (unpaired) electrons. The van der Waals surface area contributed by atoms with Crippen LogP contribution in [0.4, 0.5) is 24.5 Å². The quantitative estimate of drug-likeness (QED) is 0.511. The minimum atomic E-state index is -4.95. The number of sulfonamides is 2. The van der Waals surface area contributed by atoms with Gasteiger partial charge in [0.2, 0.25) is 0 Å². The van der Waals surface area contributed by atoms with Crippen molar-refractivity contribution < 1.29 is 30.0 Å². The smallest absolute Gasteiger partial charge is 0.280 e. The fourth-order valence-electron chi connectivity index (χ4n) is 2.59. The van der Waals surface area contributed by atoms with Crippen molar-refractivity contribution in [2.75, 3.05) is 9.44 Å². The fraction of sp³-hybridized carbons (Fsp3) is 0.0526. The van der Waals surface area contributed by atoms with E-state index in [2.05, 4.69) is 4.72 Å². The fourth-order valence-corrected chi connectivity index (χ4v) is 5.09. The maximum atomic E-state index is 13.2. The molecule has 0 aliphatic rings. The molecular weight excluding hydrogens is 477 g/mol. The van der Waals surface area contributed by atoms with Crippen LogP contribution in [-0.4, -0.2) is 16.8 Å². The van der Waals surface area contributed by atoms with Gasteiger partial charge < -0.3 is 0 Å². The second-order valence-corrected chi connectivity index (χ2v) is 10.0. The van der Waals surface area contributed by atoms with Crippen LogP contribution in [0.3, 0.4) is 0 Å². The lowest BCUT2D eigenvalue weighted by Crippen LogP contribution is -2.19. The molecule has 0 amide bonds. The highest BCUT2D eigenvalue weighted by Gasteiger charge is 2.37. The van der Waals surface area contributed by atoms with Gasteiger partial charge in [0.15, 0.2) is 0 Å². The van der Waals surface area contributed by atoms with Crippen molar-refractivity contribution in [1.82, 2.24) is 0 Å². The van der Waals surface area contributed by atoms with Gasteiger partial charge >= 0.3 is 6.18 Å². The highest BCUT2D eigenvalue weighted by molar-refractivity contribution is 7.93. The maximum Gasteiger partial charge on any atom is 0.417 e. The maximum absolute atomic E-state index is 13.2. The van der Waals surface area contributed by atoms with Crippen LogP contribution < -0.4 is 9.44 Å². The standard InChI is InChI=1S/C19H14ClF3N2O4S2/c20-13-6-11-18(17(12-13)19(21,22)23)31(28,29)25-15-7-9-16(10-8-15)30(26,27)24-14-4-2-1-3-5-14/h1-12,24-25H. The molecular formula is C19H14ClF3N2O4S2. The highest BCUT2D eigenvalue weighted by Crippen LogP contribution is 2.36. The number of benzene rings is 3. The number of para-hydroxylation sites is 1. The van der Waals surface area contributed by atoms with Gasteiger partial charge in [0.1, 0.15) is 0 Å². The molecule has 0 aromatic heterocycles. The minimum Gasteiger partial charge on any atom is -0.280 e. The molecule has 0 aliphatic heterocycles. The van der Waals surface area contributed by atoms with Gasteiger partial charge in [0.25, 0.3) is 20.0 Å². The van der Waals surface area contributed by atoms with E-state index in [-0.39, 0.29) is 15.6 Å². The molecule has 0 bridgehead atoms. The van der Waals surface area contributed by atoms with Crippen LogP contribution >= 0.6 is 11.6 Å². The lowest BCUT2D eigenvalue weighted by molar-refractivity contribution is -0.139. The summed E-state index contributed by atoms with van der Waals surface area (Å²) in [6.07, 6.45) is -4.95. The second-order valence-electron chi connectivity index (χ2n) is 6.24. The summed E-state index contributed by atoms with van der Waals surface area (Å²) in [5.74, 6) is 0. The number of rotatable bonds is 6. The molecule has 3 rings (SSSR count). The molecule has 12 heteroatoms. The molecule has 0 saturated heterocycles. The SMILES string of the molecule is O=S(=O)(Nc1ccccc1)c1ccc(NS(=O)(=O)c2ccc(Cl)cc2C(F)(F)F)cc1. The van der Waals surface area contributed by atoms with Crippen LogP contribution in [-0.2, 0) is 26.2 Å². The van der Waals surface area contributed by atoms with E-state index in [0.717, 1.165) is 36.4 Å². The van der Waals surface area contributed by atoms with Crippen molar-refractivity contribution in [3.8, 4) is 0 Å². The van der Waals surface area contributed by atoms with Gasteiger partial charge in [-0.1, -0.05) is 29.8 Å². The summed E-state index contributed by atoms with van der Waals surface area (Å²) in [4.78, 5) is -1.17. The van der Waals surface area contributed by atoms with E-state index in [1.807, 2.05) is 4.72 Å². The van der Waals surface area contributed by atoms with E-state index < -0.39 is 36.7 Å². The van der Waals surface area contributed by atoms with Crippen molar-refractivity contribution in [1.29, 1.82) is 0 Å². The molecule has 6 nitrogen and oxygen atoms in total. The highest BCUT2D eigenvalue weighted by atomic mass is 35.5. The summed E-state index contributed by atoms with van der Waals surface area (Å²) in [6, 6.07) is 14.9. The molecule has 0 atom stereocenters. The molecule has 2 N–H and O–H groups in total. The summed E-state index contributed by atoms with van der Waals surface area (Å²) in [7, 11) is -8.58. The first-order valence-corrected chi connectivity index (χ1v) is 11.8. The van der Waals surface area contributed by atoms with E-state index in [4.69, 9.17) is 11.6 Å². The van der Waals surface area contributed by atoms with E-state index in [1.54, 1.807) is 30.3 Å². The molecule has 3 aromatic carbocycles. The van der Waals surface area contributed by atoms with Crippen LogP contribution in [0.15, 0.2) is 82.6 Å². The summed E-state index contributed by atoms with van der Waals surface area (Å²) >= 11 is 5.57. The van der Waals surface area contributed by atoms with E-state index in [0.29, 0.717) is 11.8 Å². The Hall–Kier alpha value is -2.76. The Kier molecular flexibility index (Phi) is 6.21. The van der Waals surface area contributed by atoms with Crippen LogP contribution in [0.1, 0.15) is 5.56 Å². The molecule has 0 aliphatic carbocycles. The lowest BCUT2D eigenvalue weighted by atomic mass is 10.2. The zero-order valence-electron chi connectivity index (χ0n) is 15.4. The van der Waals surface area contributed by atoms with Gasteiger partial charge in [-0.3, -0.25) is 9.44 Å². The van der Waals surface area contributed by atoms with Gasteiger partial charge in [-0.05, 0) is 54.6 Å². The zero-order valence-corrected chi connectivity index (χ0v) is 17.8. The number of hydrogen-bond acceptors (Lipinski definition) is 4. The lowest BCUT2D eigenvalue weighted by Gasteiger charge is -2.15. The van der Waals surface area contributed by atoms with E-state index >= 15 is 0 Å². The monoisotopic (exact) mass is 490 g/mol. The molecule has 0 spiro atoms. The Morgan fingerprint density at radius 1 is 0.710 bits per heavy atom. The number of hydrogen-bond donors (Lipinski definition) is 2. The third-order valence-electron chi connectivity index (χ3n) is 3.98. The van der Waals surface area contributed by atoms with Gasteiger partial charge in [0, 0.05) is 16.4 Å². The van der Waals surface area contributed by atoms with Gasteiger partial charge in [-0.15, -0.1) is 0 Å². The van der Waals surface area contributed by atoms with E-state index in [9.17, 15) is 30.0 Å².